The normalized spacial score (nSPS) is 22.5. The Morgan fingerprint density at radius 2 is 2.31 bits per heavy atom. The lowest BCUT2D eigenvalue weighted by Crippen LogP contribution is -2.42. The van der Waals surface area contributed by atoms with Gasteiger partial charge in [-0.1, -0.05) is 13.3 Å². The molecule has 0 saturated carbocycles. The van der Waals surface area contributed by atoms with E-state index >= 15 is 0 Å². The minimum atomic E-state index is 0.724. The summed E-state index contributed by atoms with van der Waals surface area (Å²) in [7, 11) is 0. The Balaban J connectivity index is 1.98. The third kappa shape index (κ3) is 2.64. The second-order valence-corrected chi connectivity index (χ2v) is 4.81. The highest BCUT2D eigenvalue weighted by Crippen LogP contribution is 2.19. The number of aromatic nitrogens is 2. The second-order valence-electron chi connectivity index (χ2n) is 4.81. The summed E-state index contributed by atoms with van der Waals surface area (Å²) in [6.45, 7) is 8.01. The number of imidazole rings is 1. The van der Waals surface area contributed by atoms with Crippen molar-refractivity contribution in [3.05, 3.63) is 18.2 Å². The highest BCUT2D eigenvalue weighted by Gasteiger charge is 2.21. The van der Waals surface area contributed by atoms with E-state index in [2.05, 4.69) is 34.5 Å². The van der Waals surface area contributed by atoms with Crippen LogP contribution >= 0.6 is 0 Å². The summed E-state index contributed by atoms with van der Waals surface area (Å²) < 4.78 is 2.29. The van der Waals surface area contributed by atoms with Gasteiger partial charge in [-0.2, -0.15) is 0 Å². The molecule has 3 heteroatoms. The molecule has 1 aromatic heterocycles. The maximum atomic E-state index is 4.30. The molecule has 1 aromatic rings. The van der Waals surface area contributed by atoms with Gasteiger partial charge in [-0.15, -0.1) is 0 Å². The summed E-state index contributed by atoms with van der Waals surface area (Å²) in [6, 6.07) is 0.724. The van der Waals surface area contributed by atoms with Gasteiger partial charge in [-0.05, 0) is 39.3 Å². The summed E-state index contributed by atoms with van der Waals surface area (Å²) in [5.41, 5.74) is 0. The molecule has 0 radical (unpaired) electrons. The predicted octanol–water partition coefficient (Wildman–Crippen LogP) is 2.46. The van der Waals surface area contributed by atoms with Crippen LogP contribution in [-0.2, 0) is 6.54 Å². The second kappa shape index (κ2) is 5.48. The number of nitrogens with zero attached hydrogens (tertiary/aromatic N) is 3. The largest absolute Gasteiger partial charge is 0.334 e. The molecule has 1 aliphatic heterocycles. The molecule has 0 aliphatic carbocycles. The molecule has 0 bridgehead atoms. The first-order valence-corrected chi connectivity index (χ1v) is 6.53. The zero-order valence-corrected chi connectivity index (χ0v) is 10.5. The van der Waals surface area contributed by atoms with E-state index in [1.165, 1.54) is 38.8 Å². The van der Waals surface area contributed by atoms with Crippen LogP contribution in [-0.4, -0.2) is 33.6 Å². The molecule has 1 aliphatic rings. The smallest absolute Gasteiger partial charge is 0.105 e. The van der Waals surface area contributed by atoms with Crippen LogP contribution in [0.2, 0.25) is 0 Å². The van der Waals surface area contributed by atoms with Crippen LogP contribution in [0.15, 0.2) is 12.4 Å². The number of piperidine rings is 1. The molecule has 1 saturated heterocycles. The summed E-state index contributed by atoms with van der Waals surface area (Å²) in [4.78, 5) is 6.95. The number of hydrogen-bond donors (Lipinski definition) is 0. The van der Waals surface area contributed by atoms with E-state index in [0.29, 0.717) is 0 Å². The minimum Gasteiger partial charge on any atom is -0.334 e. The van der Waals surface area contributed by atoms with Crippen molar-refractivity contribution in [1.29, 1.82) is 0 Å². The lowest BCUT2D eigenvalue weighted by molar-refractivity contribution is 0.132. The first-order valence-electron chi connectivity index (χ1n) is 6.53. The average Bonchev–Trinajstić information content (AvgIpc) is 2.68. The first-order chi connectivity index (χ1) is 7.81. The molecule has 1 atom stereocenters. The van der Waals surface area contributed by atoms with Crippen LogP contribution in [0.4, 0.5) is 0 Å². The molecule has 1 unspecified atom stereocenters. The van der Waals surface area contributed by atoms with Gasteiger partial charge in [0.2, 0.25) is 0 Å². The topological polar surface area (TPSA) is 21.1 Å². The third-order valence-corrected chi connectivity index (χ3v) is 3.59. The van der Waals surface area contributed by atoms with E-state index in [4.69, 9.17) is 0 Å². The molecular weight excluding hydrogens is 198 g/mol. The van der Waals surface area contributed by atoms with E-state index in [1.54, 1.807) is 0 Å². The SMILES string of the molecule is CCCN1CCCCC1Cn1ccnc1C. The van der Waals surface area contributed by atoms with Gasteiger partial charge in [-0.25, -0.2) is 4.98 Å². The Bertz CT molecular complexity index is 317. The fraction of sp³-hybridized carbons (Fsp3) is 0.769. The Kier molecular flexibility index (Phi) is 3.99. The zero-order chi connectivity index (χ0) is 11.4. The Hall–Kier alpha value is -0.830. The van der Waals surface area contributed by atoms with E-state index in [9.17, 15) is 0 Å². The number of hydrogen-bond acceptors (Lipinski definition) is 2. The van der Waals surface area contributed by atoms with Gasteiger partial charge in [0.15, 0.2) is 0 Å². The molecule has 0 aromatic carbocycles. The van der Waals surface area contributed by atoms with Crippen LogP contribution in [0.1, 0.15) is 38.4 Å². The molecule has 16 heavy (non-hydrogen) atoms. The monoisotopic (exact) mass is 221 g/mol. The predicted molar refractivity (Wildman–Crippen MR) is 66.5 cm³/mol. The standard InChI is InChI=1S/C13H23N3/c1-3-8-15-9-5-4-6-13(15)11-16-10-7-14-12(16)2/h7,10,13H,3-6,8-9,11H2,1-2H3. The van der Waals surface area contributed by atoms with Crippen molar-refractivity contribution in [3.63, 3.8) is 0 Å². The lowest BCUT2D eigenvalue weighted by Gasteiger charge is -2.35. The molecule has 2 rings (SSSR count). The van der Waals surface area contributed by atoms with Gasteiger partial charge >= 0.3 is 0 Å². The number of rotatable bonds is 4. The highest BCUT2D eigenvalue weighted by molar-refractivity contribution is 4.90. The molecule has 2 heterocycles. The van der Waals surface area contributed by atoms with Crippen LogP contribution in [0.25, 0.3) is 0 Å². The van der Waals surface area contributed by atoms with E-state index < -0.39 is 0 Å². The highest BCUT2D eigenvalue weighted by atomic mass is 15.2. The minimum absolute atomic E-state index is 0.724. The van der Waals surface area contributed by atoms with Crippen LogP contribution in [0.5, 0.6) is 0 Å². The Labute approximate surface area is 98.5 Å². The van der Waals surface area contributed by atoms with Crippen LogP contribution in [0, 0.1) is 6.92 Å². The Morgan fingerprint density at radius 1 is 1.44 bits per heavy atom. The number of aryl methyl sites for hydroxylation is 1. The molecule has 3 nitrogen and oxygen atoms in total. The molecule has 90 valence electrons. The average molecular weight is 221 g/mol. The molecule has 0 spiro atoms. The van der Waals surface area contributed by atoms with Crippen molar-refractivity contribution in [1.82, 2.24) is 14.5 Å². The number of likely N-dealkylation sites (tertiary alicyclic amines) is 1. The maximum absolute atomic E-state index is 4.30. The van der Waals surface area contributed by atoms with Crippen molar-refractivity contribution in [2.24, 2.45) is 0 Å². The lowest BCUT2D eigenvalue weighted by atomic mass is 10.0. The van der Waals surface area contributed by atoms with Gasteiger partial charge in [0.25, 0.3) is 0 Å². The van der Waals surface area contributed by atoms with Crippen molar-refractivity contribution < 1.29 is 0 Å². The van der Waals surface area contributed by atoms with Gasteiger partial charge < -0.3 is 4.57 Å². The van der Waals surface area contributed by atoms with Gasteiger partial charge in [0.05, 0.1) is 0 Å². The fourth-order valence-electron chi connectivity index (χ4n) is 2.67. The van der Waals surface area contributed by atoms with Crippen molar-refractivity contribution in [2.45, 2.75) is 52.1 Å². The summed E-state index contributed by atoms with van der Waals surface area (Å²) in [6.07, 6.45) is 9.38. The van der Waals surface area contributed by atoms with Gasteiger partial charge in [-0.3, -0.25) is 4.90 Å². The van der Waals surface area contributed by atoms with E-state index in [0.717, 1.165) is 18.4 Å². The summed E-state index contributed by atoms with van der Waals surface area (Å²) >= 11 is 0. The first kappa shape index (κ1) is 11.6. The van der Waals surface area contributed by atoms with Gasteiger partial charge in [0, 0.05) is 25.0 Å². The third-order valence-electron chi connectivity index (χ3n) is 3.59. The Morgan fingerprint density at radius 3 is 3.00 bits per heavy atom. The van der Waals surface area contributed by atoms with Crippen molar-refractivity contribution in [2.75, 3.05) is 13.1 Å². The molecular formula is C13H23N3. The molecule has 1 fully saturated rings. The van der Waals surface area contributed by atoms with E-state index in [1.807, 2.05) is 6.20 Å². The van der Waals surface area contributed by atoms with Crippen molar-refractivity contribution >= 4 is 0 Å². The maximum Gasteiger partial charge on any atom is 0.105 e. The van der Waals surface area contributed by atoms with Crippen LogP contribution < -0.4 is 0 Å². The van der Waals surface area contributed by atoms with Gasteiger partial charge in [0.1, 0.15) is 5.82 Å². The summed E-state index contributed by atoms with van der Waals surface area (Å²) in [5, 5.41) is 0. The van der Waals surface area contributed by atoms with Crippen molar-refractivity contribution in [3.8, 4) is 0 Å². The zero-order valence-electron chi connectivity index (χ0n) is 10.5. The fourth-order valence-corrected chi connectivity index (χ4v) is 2.67. The quantitative estimate of drug-likeness (QED) is 0.778. The molecule has 0 N–H and O–H groups in total. The summed E-state index contributed by atoms with van der Waals surface area (Å²) in [5.74, 6) is 1.14. The molecule has 0 amide bonds. The van der Waals surface area contributed by atoms with Crippen LogP contribution in [0.3, 0.4) is 0 Å². The van der Waals surface area contributed by atoms with E-state index in [-0.39, 0.29) is 0 Å².